The summed E-state index contributed by atoms with van der Waals surface area (Å²) in [5.41, 5.74) is 2.94. The Morgan fingerprint density at radius 3 is 3.00 bits per heavy atom. The van der Waals surface area contributed by atoms with E-state index in [-0.39, 0.29) is 5.91 Å². The van der Waals surface area contributed by atoms with Crippen LogP contribution in [0.1, 0.15) is 37.7 Å². The van der Waals surface area contributed by atoms with Gasteiger partial charge in [0.05, 0.1) is 6.04 Å². The molecule has 1 saturated heterocycles. The molecule has 1 aromatic carbocycles. The van der Waals surface area contributed by atoms with E-state index in [1.54, 1.807) is 11.9 Å². The SMILES string of the molecule is CN1C(=O)/C(=C/c2ccc3ncoc3c2)NC1=NC1CCCCC1. The molecule has 1 amide bonds. The highest BCUT2D eigenvalue weighted by Gasteiger charge is 2.29. The Bertz CT molecular complexity index is 830. The third kappa shape index (κ3) is 2.79. The molecule has 2 aliphatic rings. The summed E-state index contributed by atoms with van der Waals surface area (Å²) in [6.45, 7) is 0. The van der Waals surface area contributed by atoms with Gasteiger partial charge in [0.15, 0.2) is 12.0 Å². The zero-order chi connectivity index (χ0) is 16.5. The average Bonchev–Trinajstić information content (AvgIpc) is 3.16. The van der Waals surface area contributed by atoms with Crippen LogP contribution in [0.15, 0.2) is 39.7 Å². The molecule has 1 aliphatic heterocycles. The van der Waals surface area contributed by atoms with Gasteiger partial charge in [-0.2, -0.15) is 0 Å². The van der Waals surface area contributed by atoms with Crippen molar-refractivity contribution in [1.29, 1.82) is 0 Å². The Balaban J connectivity index is 1.58. The normalized spacial score (nSPS) is 22.7. The van der Waals surface area contributed by atoms with Crippen LogP contribution in [0, 0.1) is 0 Å². The number of fused-ring (bicyclic) bond motifs is 1. The van der Waals surface area contributed by atoms with Crippen molar-refractivity contribution >= 4 is 29.0 Å². The lowest BCUT2D eigenvalue weighted by Crippen LogP contribution is -2.30. The van der Waals surface area contributed by atoms with Gasteiger partial charge < -0.3 is 9.73 Å². The van der Waals surface area contributed by atoms with Gasteiger partial charge in [0.2, 0.25) is 5.96 Å². The topological polar surface area (TPSA) is 70.7 Å². The van der Waals surface area contributed by atoms with E-state index in [0.29, 0.717) is 23.3 Å². The molecule has 0 bridgehead atoms. The standard InChI is InChI=1S/C18H20N4O2/c1-22-17(23)15(21-18(22)20-13-5-3-2-4-6-13)9-12-7-8-14-16(10-12)24-11-19-14/h7-11,13H,2-6H2,1H3,(H,20,21)/b15-9-. The fourth-order valence-corrected chi connectivity index (χ4v) is 3.26. The number of carbonyl (C=O) groups is 1. The molecule has 6 heteroatoms. The molecule has 4 rings (SSSR count). The molecular formula is C18H20N4O2. The van der Waals surface area contributed by atoms with Crippen molar-refractivity contribution in [2.75, 3.05) is 7.05 Å². The van der Waals surface area contributed by atoms with Crippen molar-refractivity contribution in [3.63, 3.8) is 0 Å². The summed E-state index contributed by atoms with van der Waals surface area (Å²) in [4.78, 5) is 22.9. The van der Waals surface area contributed by atoms with Crippen molar-refractivity contribution in [3.8, 4) is 0 Å². The minimum Gasteiger partial charge on any atom is -0.443 e. The minimum atomic E-state index is -0.0674. The van der Waals surface area contributed by atoms with Crippen molar-refractivity contribution in [3.05, 3.63) is 35.9 Å². The smallest absolute Gasteiger partial charge is 0.276 e. The van der Waals surface area contributed by atoms with Crippen molar-refractivity contribution in [2.24, 2.45) is 4.99 Å². The van der Waals surface area contributed by atoms with E-state index in [9.17, 15) is 4.79 Å². The van der Waals surface area contributed by atoms with Crippen LogP contribution < -0.4 is 5.32 Å². The molecule has 0 spiro atoms. The van der Waals surface area contributed by atoms with Crippen LogP contribution in [-0.2, 0) is 4.79 Å². The Morgan fingerprint density at radius 2 is 2.17 bits per heavy atom. The fourth-order valence-electron chi connectivity index (χ4n) is 3.26. The van der Waals surface area contributed by atoms with Crippen molar-refractivity contribution < 1.29 is 9.21 Å². The van der Waals surface area contributed by atoms with Crippen LogP contribution in [0.25, 0.3) is 17.2 Å². The summed E-state index contributed by atoms with van der Waals surface area (Å²) in [5.74, 6) is 0.584. The molecule has 2 aromatic rings. The van der Waals surface area contributed by atoms with E-state index in [0.717, 1.165) is 23.9 Å². The monoisotopic (exact) mass is 324 g/mol. The van der Waals surface area contributed by atoms with E-state index in [1.807, 2.05) is 24.3 Å². The Labute approximate surface area is 140 Å². The molecule has 24 heavy (non-hydrogen) atoms. The van der Waals surface area contributed by atoms with Gasteiger partial charge in [0.25, 0.3) is 5.91 Å². The minimum absolute atomic E-state index is 0.0674. The molecular weight excluding hydrogens is 304 g/mol. The molecule has 1 N–H and O–H groups in total. The maximum absolute atomic E-state index is 12.5. The van der Waals surface area contributed by atoms with Gasteiger partial charge in [-0.3, -0.25) is 9.69 Å². The summed E-state index contributed by atoms with van der Waals surface area (Å²) < 4.78 is 5.31. The number of aromatic nitrogens is 1. The lowest BCUT2D eigenvalue weighted by Gasteiger charge is -2.19. The average molecular weight is 324 g/mol. The van der Waals surface area contributed by atoms with E-state index in [4.69, 9.17) is 9.41 Å². The lowest BCUT2D eigenvalue weighted by atomic mass is 9.96. The number of hydrogen-bond acceptors (Lipinski definition) is 4. The van der Waals surface area contributed by atoms with Gasteiger partial charge >= 0.3 is 0 Å². The number of rotatable bonds is 2. The van der Waals surface area contributed by atoms with Gasteiger partial charge in [-0.25, -0.2) is 9.98 Å². The molecule has 0 radical (unpaired) electrons. The molecule has 6 nitrogen and oxygen atoms in total. The van der Waals surface area contributed by atoms with E-state index in [1.165, 1.54) is 25.7 Å². The summed E-state index contributed by atoms with van der Waals surface area (Å²) in [6.07, 6.45) is 9.19. The highest BCUT2D eigenvalue weighted by Crippen LogP contribution is 2.22. The number of oxazole rings is 1. The van der Waals surface area contributed by atoms with Gasteiger partial charge in [-0.15, -0.1) is 0 Å². The zero-order valence-corrected chi connectivity index (χ0v) is 13.7. The first-order chi connectivity index (χ1) is 11.7. The number of likely N-dealkylation sites (N-methyl/N-ethyl adjacent to an activating group) is 1. The zero-order valence-electron chi connectivity index (χ0n) is 13.7. The Kier molecular flexibility index (Phi) is 3.80. The summed E-state index contributed by atoms with van der Waals surface area (Å²) >= 11 is 0. The molecule has 1 aliphatic carbocycles. The van der Waals surface area contributed by atoms with Crippen molar-refractivity contribution in [2.45, 2.75) is 38.1 Å². The van der Waals surface area contributed by atoms with Crippen LogP contribution >= 0.6 is 0 Å². The molecule has 0 unspecified atom stereocenters. The van der Waals surface area contributed by atoms with E-state index >= 15 is 0 Å². The number of carbonyl (C=O) groups excluding carboxylic acids is 1. The first-order valence-electron chi connectivity index (χ1n) is 8.38. The molecule has 2 heterocycles. The molecule has 0 atom stereocenters. The third-order valence-electron chi connectivity index (χ3n) is 4.65. The van der Waals surface area contributed by atoms with Gasteiger partial charge in [0, 0.05) is 7.05 Å². The number of hydrogen-bond donors (Lipinski definition) is 1. The van der Waals surface area contributed by atoms with Crippen LogP contribution in [0.2, 0.25) is 0 Å². The van der Waals surface area contributed by atoms with Crippen LogP contribution in [0.4, 0.5) is 0 Å². The van der Waals surface area contributed by atoms with Gasteiger partial charge in [-0.05, 0) is 36.6 Å². The maximum atomic E-state index is 12.5. The first-order valence-corrected chi connectivity index (χ1v) is 8.38. The number of nitrogens with zero attached hydrogens (tertiary/aromatic N) is 3. The summed E-state index contributed by atoms with van der Waals surface area (Å²) in [5, 5.41) is 3.17. The van der Waals surface area contributed by atoms with E-state index in [2.05, 4.69) is 10.3 Å². The van der Waals surface area contributed by atoms with Gasteiger partial charge in [0.1, 0.15) is 11.2 Å². The maximum Gasteiger partial charge on any atom is 0.276 e. The highest BCUT2D eigenvalue weighted by molar-refractivity contribution is 6.15. The summed E-state index contributed by atoms with van der Waals surface area (Å²) in [6, 6.07) is 6.00. The largest absolute Gasteiger partial charge is 0.443 e. The van der Waals surface area contributed by atoms with Crippen molar-refractivity contribution in [1.82, 2.24) is 15.2 Å². The Hall–Kier alpha value is -2.63. The molecule has 124 valence electrons. The van der Waals surface area contributed by atoms with Crippen LogP contribution in [-0.4, -0.2) is 34.8 Å². The van der Waals surface area contributed by atoms with Crippen LogP contribution in [0.5, 0.6) is 0 Å². The second-order valence-electron chi connectivity index (χ2n) is 6.37. The number of aliphatic imine (C=N–C) groups is 1. The number of nitrogens with one attached hydrogen (secondary N) is 1. The predicted molar refractivity (Wildman–Crippen MR) is 92.2 cm³/mol. The summed E-state index contributed by atoms with van der Waals surface area (Å²) in [7, 11) is 1.76. The highest BCUT2D eigenvalue weighted by atomic mass is 16.3. The first kappa shape index (κ1) is 14.9. The second kappa shape index (κ2) is 6.11. The molecule has 1 aromatic heterocycles. The molecule has 1 saturated carbocycles. The van der Waals surface area contributed by atoms with E-state index < -0.39 is 0 Å². The third-order valence-corrected chi connectivity index (χ3v) is 4.65. The second-order valence-corrected chi connectivity index (χ2v) is 6.37. The van der Waals surface area contributed by atoms with Crippen LogP contribution in [0.3, 0.4) is 0 Å². The number of amides is 1. The Morgan fingerprint density at radius 1 is 1.33 bits per heavy atom. The fraction of sp³-hybridized carbons (Fsp3) is 0.389. The number of benzene rings is 1. The lowest BCUT2D eigenvalue weighted by molar-refractivity contribution is -0.121. The van der Waals surface area contributed by atoms with Gasteiger partial charge in [-0.1, -0.05) is 25.3 Å². The predicted octanol–water partition coefficient (Wildman–Crippen LogP) is 2.92. The number of guanidine groups is 1. The molecule has 2 fully saturated rings. The quantitative estimate of drug-likeness (QED) is 0.862.